The van der Waals surface area contributed by atoms with Crippen LogP contribution in [0.15, 0.2) is 18.2 Å². The lowest BCUT2D eigenvalue weighted by Gasteiger charge is -2.26. The molecule has 1 saturated heterocycles. The molecule has 0 aromatic heterocycles. The van der Waals surface area contributed by atoms with Gasteiger partial charge in [-0.25, -0.2) is 0 Å². The van der Waals surface area contributed by atoms with Crippen LogP contribution in [-0.4, -0.2) is 31.9 Å². The van der Waals surface area contributed by atoms with Crippen LogP contribution < -0.4 is 14.8 Å². The number of hydrogen-bond donors (Lipinski definition) is 1. The first-order valence-electron chi connectivity index (χ1n) is 7.79. The minimum atomic E-state index is 0.139. The van der Waals surface area contributed by atoms with Gasteiger partial charge in [0, 0.05) is 24.6 Å². The molecule has 0 saturated carbocycles. The Balaban J connectivity index is 1.72. The van der Waals surface area contributed by atoms with Gasteiger partial charge < -0.3 is 19.5 Å². The molecule has 0 aliphatic carbocycles. The zero-order chi connectivity index (χ0) is 14.9. The maximum Gasteiger partial charge on any atom is 0.161 e. The second-order valence-electron chi connectivity index (χ2n) is 6.87. The Morgan fingerprint density at radius 3 is 2.62 bits per heavy atom. The smallest absolute Gasteiger partial charge is 0.161 e. The highest BCUT2D eigenvalue weighted by molar-refractivity contribution is 5.44. The molecule has 1 aromatic rings. The highest BCUT2D eigenvalue weighted by Gasteiger charge is 2.31. The Labute approximate surface area is 126 Å². The summed E-state index contributed by atoms with van der Waals surface area (Å²) in [6.07, 6.45) is 1.25. The summed E-state index contributed by atoms with van der Waals surface area (Å²) in [5.74, 6) is 2.19. The molecule has 2 unspecified atom stereocenters. The standard InChI is InChI=1S/C17H25NO3/c1-17(2,3)18-11-13-6-7-21-16(13)12-4-5-14-15(10-12)20-9-8-19-14/h4-5,10,13,16,18H,6-9,11H2,1-3H3. The lowest BCUT2D eigenvalue weighted by Crippen LogP contribution is -2.39. The fourth-order valence-corrected chi connectivity index (χ4v) is 2.89. The van der Waals surface area contributed by atoms with E-state index >= 15 is 0 Å². The van der Waals surface area contributed by atoms with Gasteiger partial charge in [-0.1, -0.05) is 6.07 Å². The number of fused-ring (bicyclic) bond motifs is 1. The molecule has 4 heteroatoms. The Hall–Kier alpha value is -1.26. The third-order valence-electron chi connectivity index (χ3n) is 4.00. The minimum absolute atomic E-state index is 0.139. The summed E-state index contributed by atoms with van der Waals surface area (Å²) in [6, 6.07) is 6.18. The lowest BCUT2D eigenvalue weighted by atomic mass is 9.94. The van der Waals surface area contributed by atoms with Gasteiger partial charge >= 0.3 is 0 Å². The van der Waals surface area contributed by atoms with E-state index in [2.05, 4.69) is 38.2 Å². The molecule has 21 heavy (non-hydrogen) atoms. The van der Waals surface area contributed by atoms with Crippen LogP contribution in [0.1, 0.15) is 38.9 Å². The van der Waals surface area contributed by atoms with E-state index in [1.807, 2.05) is 6.07 Å². The Morgan fingerprint density at radius 2 is 1.86 bits per heavy atom. The molecule has 2 aliphatic rings. The Kier molecular flexibility index (Phi) is 4.09. The molecule has 0 spiro atoms. The molecule has 2 aliphatic heterocycles. The average molecular weight is 291 g/mol. The van der Waals surface area contributed by atoms with E-state index in [0.717, 1.165) is 31.1 Å². The molecule has 1 N–H and O–H groups in total. The van der Waals surface area contributed by atoms with Crippen LogP contribution in [0.5, 0.6) is 11.5 Å². The summed E-state index contributed by atoms with van der Waals surface area (Å²) >= 11 is 0. The molecule has 1 fully saturated rings. The van der Waals surface area contributed by atoms with E-state index in [0.29, 0.717) is 19.1 Å². The predicted molar refractivity (Wildman–Crippen MR) is 82.0 cm³/mol. The van der Waals surface area contributed by atoms with Gasteiger partial charge in [0.05, 0.1) is 6.10 Å². The van der Waals surface area contributed by atoms with Crippen molar-refractivity contribution in [2.75, 3.05) is 26.4 Å². The highest BCUT2D eigenvalue weighted by atomic mass is 16.6. The number of ether oxygens (including phenoxy) is 3. The lowest BCUT2D eigenvalue weighted by molar-refractivity contribution is 0.0881. The topological polar surface area (TPSA) is 39.7 Å². The molecule has 0 amide bonds. The monoisotopic (exact) mass is 291 g/mol. The quantitative estimate of drug-likeness (QED) is 0.929. The third kappa shape index (κ3) is 3.50. The van der Waals surface area contributed by atoms with E-state index in [1.165, 1.54) is 5.56 Å². The molecule has 2 atom stereocenters. The summed E-state index contributed by atoms with van der Waals surface area (Å²) in [4.78, 5) is 0. The second-order valence-corrected chi connectivity index (χ2v) is 6.87. The van der Waals surface area contributed by atoms with Crippen LogP contribution >= 0.6 is 0 Å². The van der Waals surface area contributed by atoms with Crippen LogP contribution in [0.3, 0.4) is 0 Å². The Bertz CT molecular complexity index is 495. The van der Waals surface area contributed by atoms with Crippen LogP contribution in [0, 0.1) is 5.92 Å². The fourth-order valence-electron chi connectivity index (χ4n) is 2.89. The number of benzene rings is 1. The molecule has 3 rings (SSSR count). The number of nitrogens with one attached hydrogen (secondary N) is 1. The van der Waals surface area contributed by atoms with Crippen molar-refractivity contribution in [1.29, 1.82) is 0 Å². The van der Waals surface area contributed by atoms with Crippen molar-refractivity contribution in [3.8, 4) is 11.5 Å². The highest BCUT2D eigenvalue weighted by Crippen LogP contribution is 2.39. The predicted octanol–water partition coefficient (Wildman–Crippen LogP) is 2.92. The van der Waals surface area contributed by atoms with Gasteiger partial charge in [-0.3, -0.25) is 0 Å². The van der Waals surface area contributed by atoms with Gasteiger partial charge in [-0.05, 0) is 44.9 Å². The molecule has 0 bridgehead atoms. The van der Waals surface area contributed by atoms with Gasteiger partial charge in [-0.15, -0.1) is 0 Å². The van der Waals surface area contributed by atoms with Gasteiger partial charge in [0.2, 0.25) is 0 Å². The van der Waals surface area contributed by atoms with Crippen molar-refractivity contribution in [3.63, 3.8) is 0 Å². The van der Waals surface area contributed by atoms with Gasteiger partial charge in [-0.2, -0.15) is 0 Å². The summed E-state index contributed by atoms with van der Waals surface area (Å²) in [7, 11) is 0. The van der Waals surface area contributed by atoms with Crippen molar-refractivity contribution in [2.24, 2.45) is 5.92 Å². The molecule has 1 aromatic carbocycles. The van der Waals surface area contributed by atoms with Crippen molar-refractivity contribution < 1.29 is 14.2 Å². The summed E-state index contributed by atoms with van der Waals surface area (Å²) in [5.41, 5.74) is 1.33. The minimum Gasteiger partial charge on any atom is -0.486 e. The second kappa shape index (κ2) is 5.85. The molecule has 116 valence electrons. The maximum absolute atomic E-state index is 5.97. The van der Waals surface area contributed by atoms with Crippen molar-refractivity contribution in [2.45, 2.75) is 38.8 Å². The summed E-state index contributed by atoms with van der Waals surface area (Å²) < 4.78 is 17.2. The van der Waals surface area contributed by atoms with E-state index in [4.69, 9.17) is 14.2 Å². The molecular formula is C17H25NO3. The summed E-state index contributed by atoms with van der Waals surface area (Å²) in [6.45, 7) is 9.64. The van der Waals surface area contributed by atoms with Crippen LogP contribution in [-0.2, 0) is 4.74 Å². The maximum atomic E-state index is 5.97. The number of rotatable bonds is 3. The summed E-state index contributed by atoms with van der Waals surface area (Å²) in [5, 5.41) is 3.59. The zero-order valence-corrected chi connectivity index (χ0v) is 13.1. The van der Waals surface area contributed by atoms with Crippen LogP contribution in [0.4, 0.5) is 0 Å². The van der Waals surface area contributed by atoms with E-state index in [-0.39, 0.29) is 11.6 Å². The van der Waals surface area contributed by atoms with E-state index in [1.54, 1.807) is 0 Å². The Morgan fingerprint density at radius 1 is 1.10 bits per heavy atom. The van der Waals surface area contributed by atoms with Crippen LogP contribution in [0.25, 0.3) is 0 Å². The van der Waals surface area contributed by atoms with Crippen LogP contribution in [0.2, 0.25) is 0 Å². The SMILES string of the molecule is CC(C)(C)NCC1CCOC1c1ccc2c(c1)OCCO2. The van der Waals surface area contributed by atoms with Crippen molar-refractivity contribution in [3.05, 3.63) is 23.8 Å². The van der Waals surface area contributed by atoms with Gasteiger partial charge in [0.25, 0.3) is 0 Å². The van der Waals surface area contributed by atoms with Gasteiger partial charge in [0.1, 0.15) is 13.2 Å². The largest absolute Gasteiger partial charge is 0.486 e. The average Bonchev–Trinajstić information content (AvgIpc) is 2.92. The molecule has 4 nitrogen and oxygen atoms in total. The molecular weight excluding hydrogens is 266 g/mol. The third-order valence-corrected chi connectivity index (χ3v) is 4.00. The van der Waals surface area contributed by atoms with E-state index in [9.17, 15) is 0 Å². The first-order chi connectivity index (χ1) is 10.0. The molecule has 0 radical (unpaired) electrons. The molecule has 2 heterocycles. The number of hydrogen-bond acceptors (Lipinski definition) is 4. The van der Waals surface area contributed by atoms with E-state index < -0.39 is 0 Å². The zero-order valence-electron chi connectivity index (χ0n) is 13.1. The normalized spacial score (nSPS) is 25.1. The van der Waals surface area contributed by atoms with Crippen molar-refractivity contribution >= 4 is 0 Å². The first-order valence-corrected chi connectivity index (χ1v) is 7.79. The van der Waals surface area contributed by atoms with Gasteiger partial charge in [0.15, 0.2) is 11.5 Å². The first kappa shape index (κ1) is 14.7. The fraction of sp³-hybridized carbons (Fsp3) is 0.647. The van der Waals surface area contributed by atoms with Crippen molar-refractivity contribution in [1.82, 2.24) is 5.32 Å².